The predicted octanol–water partition coefficient (Wildman–Crippen LogP) is 10.0. The van der Waals surface area contributed by atoms with Gasteiger partial charge in [-0.15, -0.1) is 5.10 Å². The summed E-state index contributed by atoms with van der Waals surface area (Å²) in [6.45, 7) is 0.0202. The molecule has 0 N–H and O–H groups in total. The number of fused-ring (bicyclic) bond motifs is 1. The van der Waals surface area contributed by atoms with E-state index in [-0.39, 0.29) is 36.0 Å². The van der Waals surface area contributed by atoms with Gasteiger partial charge in [0.2, 0.25) is 11.2 Å². The topological polar surface area (TPSA) is 79.4 Å². The quantitative estimate of drug-likeness (QED) is 0.150. The molecule has 7 rings (SSSR count). The first kappa shape index (κ1) is 31.2. The molecule has 3 heterocycles. The van der Waals surface area contributed by atoms with Crippen LogP contribution in [0.4, 0.5) is 0 Å². The molecule has 0 aliphatic carbocycles. The van der Waals surface area contributed by atoms with Gasteiger partial charge in [-0.05, 0) is 94.4 Å². The molecular formula is C35H25Cl3IN3O4. The van der Waals surface area contributed by atoms with Crippen LogP contribution in [0.2, 0.25) is 15.1 Å². The normalized spacial score (nSPS) is 18.1. The summed E-state index contributed by atoms with van der Waals surface area (Å²) < 4.78 is 21.8. The Balaban J connectivity index is 1.19. The van der Waals surface area contributed by atoms with E-state index in [1.54, 1.807) is 42.5 Å². The average Bonchev–Trinajstić information content (AvgIpc) is 3.45. The van der Waals surface area contributed by atoms with E-state index < -0.39 is 0 Å². The van der Waals surface area contributed by atoms with E-state index in [0.717, 1.165) is 14.8 Å². The summed E-state index contributed by atoms with van der Waals surface area (Å²) in [5.74, 6) is 0.423. The van der Waals surface area contributed by atoms with E-state index in [0.29, 0.717) is 55.9 Å². The van der Waals surface area contributed by atoms with E-state index >= 15 is 0 Å². The number of nitrogens with zero attached hydrogens (tertiary/aromatic N) is 3. The Morgan fingerprint density at radius 2 is 1.37 bits per heavy atom. The molecule has 2 atom stereocenters. The molecule has 0 radical (unpaired) electrons. The minimum atomic E-state index is -0.268. The maximum Gasteiger partial charge on any atom is 0.235 e. The van der Waals surface area contributed by atoms with Crippen LogP contribution in [0.25, 0.3) is 22.3 Å². The summed E-state index contributed by atoms with van der Waals surface area (Å²) in [5.41, 5.74) is 3.54. The molecule has 1 aliphatic rings. The van der Waals surface area contributed by atoms with Crippen LogP contribution in [0.3, 0.4) is 0 Å². The molecular weight excluding hydrogens is 760 g/mol. The van der Waals surface area contributed by atoms with E-state index in [4.69, 9.17) is 48.7 Å². The molecule has 0 saturated carbocycles. The van der Waals surface area contributed by atoms with Gasteiger partial charge in [-0.3, -0.25) is 4.79 Å². The highest BCUT2D eigenvalue weighted by Crippen LogP contribution is 2.44. The van der Waals surface area contributed by atoms with E-state index in [9.17, 15) is 4.79 Å². The van der Waals surface area contributed by atoms with Gasteiger partial charge in [-0.1, -0.05) is 76.4 Å². The summed E-state index contributed by atoms with van der Waals surface area (Å²) in [5, 5.41) is 11.4. The molecule has 6 aromatic rings. The van der Waals surface area contributed by atoms with Crippen molar-refractivity contribution in [2.24, 2.45) is 0 Å². The van der Waals surface area contributed by atoms with E-state index in [1.807, 2.05) is 59.3 Å². The van der Waals surface area contributed by atoms with Crippen LogP contribution in [0.1, 0.15) is 47.9 Å². The molecule has 46 heavy (non-hydrogen) atoms. The summed E-state index contributed by atoms with van der Waals surface area (Å²) in [7, 11) is 0. The van der Waals surface area contributed by atoms with Gasteiger partial charge in [0.15, 0.2) is 5.76 Å². The van der Waals surface area contributed by atoms with E-state index in [2.05, 4.69) is 32.9 Å². The average molecular weight is 785 g/mol. The molecule has 1 aliphatic heterocycles. The van der Waals surface area contributed by atoms with Crippen LogP contribution in [-0.2, 0) is 11.3 Å². The highest BCUT2D eigenvalue weighted by atomic mass is 127. The largest absolute Gasteiger partial charge is 0.480 e. The zero-order valence-corrected chi connectivity index (χ0v) is 28.5. The Labute approximate surface area is 293 Å². The molecule has 11 heteroatoms. The van der Waals surface area contributed by atoms with Crippen molar-refractivity contribution < 1.29 is 13.9 Å². The fourth-order valence-electron chi connectivity index (χ4n) is 5.71. The van der Waals surface area contributed by atoms with Gasteiger partial charge < -0.3 is 13.9 Å². The summed E-state index contributed by atoms with van der Waals surface area (Å²) in [6.07, 6.45) is 0.974. The number of hydrogen-bond acceptors (Lipinski definition) is 6. The second kappa shape index (κ2) is 13.4. The van der Waals surface area contributed by atoms with Crippen molar-refractivity contribution >= 4 is 68.4 Å². The minimum Gasteiger partial charge on any atom is -0.480 e. The second-order valence-corrected chi connectivity index (χ2v) is 13.3. The maximum absolute atomic E-state index is 13.6. The SMILES string of the molecule is O=c1c(OCc2nnn(C3CC(c4ccc(Cl)cc4)OC(c4ccc(Cl)cc4)C3)c2I)c(-c2ccc(Cl)cc2)oc2ccccc12. The van der Waals surface area contributed by atoms with Crippen LogP contribution in [0.5, 0.6) is 5.75 Å². The van der Waals surface area contributed by atoms with Crippen LogP contribution >= 0.6 is 57.4 Å². The molecule has 0 bridgehead atoms. The van der Waals surface area contributed by atoms with Crippen LogP contribution < -0.4 is 10.2 Å². The number of hydrogen-bond donors (Lipinski definition) is 0. The lowest BCUT2D eigenvalue weighted by Crippen LogP contribution is -2.27. The van der Waals surface area contributed by atoms with Gasteiger partial charge >= 0.3 is 0 Å². The van der Waals surface area contributed by atoms with Gasteiger partial charge in [0.25, 0.3) is 0 Å². The Hall–Kier alpha value is -3.41. The zero-order chi connectivity index (χ0) is 31.8. The number of ether oxygens (including phenoxy) is 2. The van der Waals surface area contributed by atoms with Gasteiger partial charge in [-0.2, -0.15) is 0 Å². The van der Waals surface area contributed by atoms with Crippen LogP contribution in [0.15, 0.2) is 106 Å². The van der Waals surface area contributed by atoms with Crippen molar-refractivity contribution in [3.05, 3.63) is 143 Å². The van der Waals surface area contributed by atoms with Crippen molar-refractivity contribution in [3.8, 4) is 17.1 Å². The van der Waals surface area contributed by atoms with Gasteiger partial charge in [0, 0.05) is 33.5 Å². The number of aromatic nitrogens is 3. The van der Waals surface area contributed by atoms with Crippen LogP contribution in [0, 0.1) is 3.70 Å². The number of para-hydroxylation sites is 1. The standard InChI is InChI=1S/C35H25Cl3IN3O4/c36-23-11-5-20(6-12-23)30-17-26(18-31(45-30)21-7-13-24(37)14-8-21)42-35(39)28(40-41-42)19-44-34-32(43)27-3-1-2-4-29(27)46-33(34)22-9-15-25(38)16-10-22/h1-16,26,30-31H,17-19H2. The second-order valence-electron chi connectivity index (χ2n) is 11.0. The third kappa shape index (κ3) is 6.41. The zero-order valence-electron chi connectivity index (χ0n) is 24.1. The minimum absolute atomic E-state index is 0.0202. The number of halogens is 4. The first-order chi connectivity index (χ1) is 22.3. The molecule has 0 spiro atoms. The highest BCUT2D eigenvalue weighted by Gasteiger charge is 2.34. The smallest absolute Gasteiger partial charge is 0.235 e. The third-order valence-corrected chi connectivity index (χ3v) is 9.92. The molecule has 2 unspecified atom stereocenters. The van der Waals surface area contributed by atoms with Crippen molar-refractivity contribution in [1.29, 1.82) is 0 Å². The van der Waals surface area contributed by atoms with Crippen molar-refractivity contribution in [1.82, 2.24) is 15.0 Å². The lowest BCUT2D eigenvalue weighted by Gasteiger charge is -2.36. The van der Waals surface area contributed by atoms with Crippen molar-refractivity contribution in [2.45, 2.75) is 37.7 Å². The first-order valence-electron chi connectivity index (χ1n) is 14.5. The number of rotatable bonds is 7. The summed E-state index contributed by atoms with van der Waals surface area (Å²) in [4.78, 5) is 13.6. The van der Waals surface area contributed by atoms with Gasteiger partial charge in [-0.25, -0.2) is 4.68 Å². The fraction of sp³-hybridized carbons (Fsp3) is 0.171. The lowest BCUT2D eigenvalue weighted by atomic mass is 9.91. The number of benzene rings is 4. The fourth-order valence-corrected chi connectivity index (χ4v) is 6.84. The van der Waals surface area contributed by atoms with E-state index in [1.165, 1.54) is 0 Å². The first-order valence-corrected chi connectivity index (χ1v) is 16.8. The Morgan fingerprint density at radius 3 is 1.98 bits per heavy atom. The predicted molar refractivity (Wildman–Crippen MR) is 188 cm³/mol. The molecule has 4 aromatic carbocycles. The third-order valence-electron chi connectivity index (χ3n) is 8.05. The summed E-state index contributed by atoms with van der Waals surface area (Å²) in [6, 6.07) is 29.6. The Kier molecular flexibility index (Phi) is 9.07. The maximum atomic E-state index is 13.6. The molecule has 7 nitrogen and oxygen atoms in total. The monoisotopic (exact) mass is 783 g/mol. The molecule has 0 amide bonds. The molecule has 2 aromatic heterocycles. The van der Waals surface area contributed by atoms with Gasteiger partial charge in [0.1, 0.15) is 21.6 Å². The Morgan fingerprint density at radius 1 is 0.804 bits per heavy atom. The summed E-state index contributed by atoms with van der Waals surface area (Å²) >= 11 is 20.7. The molecule has 1 saturated heterocycles. The Bertz CT molecular complexity index is 2010. The molecule has 232 valence electrons. The van der Waals surface area contributed by atoms with Crippen LogP contribution in [-0.4, -0.2) is 15.0 Å². The molecule has 1 fully saturated rings. The van der Waals surface area contributed by atoms with Crippen molar-refractivity contribution in [2.75, 3.05) is 0 Å². The van der Waals surface area contributed by atoms with Gasteiger partial charge in [0.05, 0.1) is 23.6 Å². The highest BCUT2D eigenvalue weighted by molar-refractivity contribution is 14.1. The van der Waals surface area contributed by atoms with Crippen molar-refractivity contribution in [3.63, 3.8) is 0 Å². The lowest BCUT2D eigenvalue weighted by molar-refractivity contribution is -0.0745.